The van der Waals surface area contributed by atoms with Crippen molar-refractivity contribution in [2.45, 2.75) is 51.6 Å². The first kappa shape index (κ1) is 22.3. The number of ether oxygens (including phenoxy) is 2. The van der Waals surface area contributed by atoms with Gasteiger partial charge in [-0.05, 0) is 69.4 Å². The van der Waals surface area contributed by atoms with Gasteiger partial charge in [0.2, 0.25) is 0 Å². The first-order valence-corrected chi connectivity index (χ1v) is 10.1. The fourth-order valence-corrected chi connectivity index (χ4v) is 3.29. The lowest BCUT2D eigenvalue weighted by Crippen LogP contribution is -2.25. The van der Waals surface area contributed by atoms with E-state index < -0.39 is 22.5 Å². The number of esters is 2. The van der Waals surface area contributed by atoms with Gasteiger partial charge in [0.15, 0.2) is 0 Å². The second-order valence-electron chi connectivity index (χ2n) is 8.56. The minimum Gasteiger partial charge on any atom is -0.465 e. The number of carbonyl (C=O) groups is 2. The number of methoxy groups -OCH3 is 1. The number of benzene rings is 2. The molecule has 1 saturated carbocycles. The van der Waals surface area contributed by atoms with Crippen LogP contribution in [0.3, 0.4) is 0 Å². The van der Waals surface area contributed by atoms with Crippen molar-refractivity contribution in [3.63, 3.8) is 0 Å². The Hall–Kier alpha value is -3.42. The van der Waals surface area contributed by atoms with Crippen LogP contribution in [-0.4, -0.2) is 29.6 Å². The molecule has 2 aromatic carbocycles. The molecule has 0 atom stereocenters. The molecule has 0 radical (unpaired) electrons. The summed E-state index contributed by atoms with van der Waals surface area (Å²) in [6.45, 7) is 5.20. The van der Waals surface area contributed by atoms with Gasteiger partial charge in [-0.2, -0.15) is 0 Å². The van der Waals surface area contributed by atoms with Gasteiger partial charge in [-0.25, -0.2) is 4.79 Å². The number of rotatable bonds is 7. The number of nitrogens with one attached hydrogen (secondary N) is 1. The topological polar surface area (TPSA) is 108 Å². The quantitative estimate of drug-likeness (QED) is 0.382. The van der Waals surface area contributed by atoms with Crippen molar-refractivity contribution in [3.8, 4) is 0 Å². The van der Waals surface area contributed by atoms with Crippen LogP contribution in [0.2, 0.25) is 0 Å². The number of nitro benzene ring substituents is 1. The van der Waals surface area contributed by atoms with E-state index >= 15 is 0 Å². The van der Waals surface area contributed by atoms with Crippen LogP contribution in [0.25, 0.3) is 0 Å². The van der Waals surface area contributed by atoms with E-state index in [1.165, 1.54) is 25.3 Å². The number of anilines is 2. The molecular weight excluding hydrogens is 400 g/mol. The van der Waals surface area contributed by atoms with Crippen LogP contribution in [-0.2, 0) is 20.7 Å². The monoisotopic (exact) mass is 426 g/mol. The number of carbonyl (C=O) groups excluding carboxylic acids is 2. The lowest BCUT2D eigenvalue weighted by Gasteiger charge is -2.19. The Balaban J connectivity index is 1.90. The summed E-state index contributed by atoms with van der Waals surface area (Å²) in [5.74, 6) is -0.560. The van der Waals surface area contributed by atoms with Gasteiger partial charge in [0.05, 0.1) is 29.7 Å². The van der Waals surface area contributed by atoms with Crippen LogP contribution in [0.4, 0.5) is 17.1 Å². The highest BCUT2D eigenvalue weighted by atomic mass is 16.6. The largest absolute Gasteiger partial charge is 0.465 e. The van der Waals surface area contributed by atoms with Crippen LogP contribution in [0, 0.1) is 10.1 Å². The summed E-state index contributed by atoms with van der Waals surface area (Å²) in [6.07, 6.45) is 1.96. The van der Waals surface area contributed by atoms with E-state index in [4.69, 9.17) is 9.47 Å². The van der Waals surface area contributed by atoms with Gasteiger partial charge >= 0.3 is 11.9 Å². The van der Waals surface area contributed by atoms with Gasteiger partial charge in [0.25, 0.3) is 5.69 Å². The highest BCUT2D eigenvalue weighted by Gasteiger charge is 2.26. The molecule has 0 saturated heterocycles. The van der Waals surface area contributed by atoms with E-state index in [2.05, 4.69) is 5.32 Å². The number of nitrogens with zero attached hydrogens (tertiary/aromatic N) is 1. The Kier molecular flexibility index (Phi) is 6.29. The average Bonchev–Trinajstić information content (AvgIpc) is 3.51. The Labute approximate surface area is 180 Å². The number of hydrogen-bond donors (Lipinski definition) is 1. The fourth-order valence-electron chi connectivity index (χ4n) is 3.29. The molecule has 0 unspecified atom stereocenters. The fraction of sp³-hybridized carbons (Fsp3) is 0.391. The summed E-state index contributed by atoms with van der Waals surface area (Å²) in [5, 5.41) is 14.5. The molecule has 2 aromatic rings. The summed E-state index contributed by atoms with van der Waals surface area (Å²) in [6, 6.07) is 9.97. The van der Waals surface area contributed by atoms with Gasteiger partial charge in [-0.15, -0.1) is 0 Å². The molecule has 0 heterocycles. The summed E-state index contributed by atoms with van der Waals surface area (Å²) in [7, 11) is 1.32. The van der Waals surface area contributed by atoms with Crippen molar-refractivity contribution in [1.29, 1.82) is 0 Å². The molecule has 1 aliphatic carbocycles. The second kappa shape index (κ2) is 8.75. The van der Waals surface area contributed by atoms with Crippen LogP contribution >= 0.6 is 0 Å². The van der Waals surface area contributed by atoms with Gasteiger partial charge < -0.3 is 14.8 Å². The third kappa shape index (κ3) is 5.81. The molecule has 0 bridgehead atoms. The van der Waals surface area contributed by atoms with Gasteiger partial charge in [0.1, 0.15) is 5.60 Å². The minimum absolute atomic E-state index is 0.173. The average molecular weight is 426 g/mol. The predicted molar refractivity (Wildman–Crippen MR) is 116 cm³/mol. The zero-order chi connectivity index (χ0) is 22.8. The lowest BCUT2D eigenvalue weighted by molar-refractivity contribution is -0.385. The molecule has 1 fully saturated rings. The van der Waals surface area contributed by atoms with Crippen molar-refractivity contribution in [2.24, 2.45) is 0 Å². The maximum absolute atomic E-state index is 12.3. The van der Waals surface area contributed by atoms with Crippen LogP contribution in [0.1, 0.15) is 61.0 Å². The molecule has 0 amide bonds. The van der Waals surface area contributed by atoms with E-state index in [9.17, 15) is 19.7 Å². The van der Waals surface area contributed by atoms with Crippen LogP contribution < -0.4 is 5.32 Å². The molecule has 8 heteroatoms. The minimum atomic E-state index is -0.694. The SMILES string of the molecule is COC(=O)c1cc(C2CC2)ccc1Nc1ccc([N+](=O)[O-])c(CC(=O)OC(C)(C)C)c1. The zero-order valence-electron chi connectivity index (χ0n) is 18.1. The molecule has 0 aromatic heterocycles. The predicted octanol–water partition coefficient (Wildman–Crippen LogP) is 4.89. The first-order valence-electron chi connectivity index (χ1n) is 10.1. The second-order valence-corrected chi connectivity index (χ2v) is 8.56. The molecule has 0 aliphatic heterocycles. The highest BCUT2D eigenvalue weighted by molar-refractivity contribution is 5.97. The molecule has 8 nitrogen and oxygen atoms in total. The van der Waals surface area contributed by atoms with E-state index in [-0.39, 0.29) is 17.7 Å². The maximum atomic E-state index is 12.3. The summed E-state index contributed by atoms with van der Waals surface area (Å²) < 4.78 is 10.2. The van der Waals surface area contributed by atoms with Crippen molar-refractivity contribution < 1.29 is 24.0 Å². The number of hydrogen-bond acceptors (Lipinski definition) is 7. The molecular formula is C23H26N2O6. The third-order valence-corrected chi connectivity index (χ3v) is 4.81. The highest BCUT2D eigenvalue weighted by Crippen LogP contribution is 2.41. The van der Waals surface area contributed by atoms with E-state index in [0.717, 1.165) is 18.4 Å². The van der Waals surface area contributed by atoms with E-state index in [1.54, 1.807) is 26.8 Å². The molecule has 1 aliphatic rings. The summed E-state index contributed by atoms with van der Waals surface area (Å²) in [5.41, 5.74) is 1.86. The maximum Gasteiger partial charge on any atom is 0.339 e. The lowest BCUT2D eigenvalue weighted by atomic mass is 10.0. The van der Waals surface area contributed by atoms with Gasteiger partial charge in [-0.1, -0.05) is 6.07 Å². The normalized spacial score (nSPS) is 13.4. The third-order valence-electron chi connectivity index (χ3n) is 4.81. The Morgan fingerprint density at radius 1 is 1.16 bits per heavy atom. The smallest absolute Gasteiger partial charge is 0.339 e. The first-order chi connectivity index (χ1) is 14.6. The van der Waals surface area contributed by atoms with Crippen molar-refractivity contribution in [3.05, 3.63) is 63.2 Å². The molecule has 164 valence electrons. The molecule has 0 spiro atoms. The Morgan fingerprint density at radius 3 is 2.45 bits per heavy atom. The van der Waals surface area contributed by atoms with Gasteiger partial charge in [-0.3, -0.25) is 14.9 Å². The van der Waals surface area contributed by atoms with E-state index in [1.807, 2.05) is 12.1 Å². The van der Waals surface area contributed by atoms with Crippen LogP contribution in [0.15, 0.2) is 36.4 Å². The van der Waals surface area contributed by atoms with Crippen molar-refractivity contribution in [1.82, 2.24) is 0 Å². The number of nitro groups is 1. The molecule has 31 heavy (non-hydrogen) atoms. The van der Waals surface area contributed by atoms with E-state index in [0.29, 0.717) is 22.9 Å². The molecule has 1 N–H and O–H groups in total. The zero-order valence-corrected chi connectivity index (χ0v) is 18.1. The summed E-state index contributed by atoms with van der Waals surface area (Å²) in [4.78, 5) is 35.4. The van der Waals surface area contributed by atoms with Crippen LogP contribution in [0.5, 0.6) is 0 Å². The molecule has 3 rings (SSSR count). The standard InChI is InChI=1S/C23H26N2O6/c1-23(2,3)31-21(26)13-16-11-17(8-10-20(16)25(28)29)24-19-9-7-15(14-5-6-14)12-18(19)22(27)30-4/h7-12,14,24H,5-6,13H2,1-4H3. The Bertz CT molecular complexity index is 1020. The van der Waals surface area contributed by atoms with Crippen molar-refractivity contribution >= 4 is 29.0 Å². The van der Waals surface area contributed by atoms with Gasteiger partial charge in [0, 0.05) is 17.3 Å². The summed E-state index contributed by atoms with van der Waals surface area (Å²) >= 11 is 0. The van der Waals surface area contributed by atoms with Crippen molar-refractivity contribution in [2.75, 3.05) is 12.4 Å². The Morgan fingerprint density at radius 2 is 1.87 bits per heavy atom.